The van der Waals surface area contributed by atoms with Crippen LogP contribution in [0.2, 0.25) is 0 Å². The Hall–Kier alpha value is -1.15. The summed E-state index contributed by atoms with van der Waals surface area (Å²) in [5.74, 6) is 0.687. The lowest BCUT2D eigenvalue weighted by molar-refractivity contribution is 0.0213. The van der Waals surface area contributed by atoms with Crippen LogP contribution in [0.3, 0.4) is 0 Å². The molecule has 2 rings (SSSR count). The van der Waals surface area contributed by atoms with Gasteiger partial charge in [-0.05, 0) is 37.6 Å². The fraction of sp³-hybridized carbons (Fsp3) is 0.625. The van der Waals surface area contributed by atoms with Gasteiger partial charge in [0, 0.05) is 25.7 Å². The summed E-state index contributed by atoms with van der Waals surface area (Å²) in [6.07, 6.45) is 0.918. The second-order valence-corrected chi connectivity index (χ2v) is 7.44. The van der Waals surface area contributed by atoms with Gasteiger partial charge in [-0.3, -0.25) is 4.90 Å². The first kappa shape index (κ1) is 18.2. The molecule has 0 aromatic heterocycles. The lowest BCUT2D eigenvalue weighted by Crippen LogP contribution is -2.47. The molecule has 0 spiro atoms. The van der Waals surface area contributed by atoms with Crippen molar-refractivity contribution >= 4 is 10.0 Å². The van der Waals surface area contributed by atoms with Crippen LogP contribution in [0.1, 0.15) is 20.3 Å². The second-order valence-electron chi connectivity index (χ2n) is 5.67. The second kappa shape index (κ2) is 8.63. The average Bonchev–Trinajstić information content (AvgIpc) is 2.59. The lowest BCUT2D eigenvalue weighted by Gasteiger charge is -2.32. The monoisotopic (exact) mass is 342 g/mol. The number of nitrogens with one attached hydrogen (secondary N) is 1. The minimum Gasteiger partial charge on any atom is -0.494 e. The molecule has 1 fully saturated rings. The Balaban J connectivity index is 1.90. The molecule has 1 aliphatic heterocycles. The van der Waals surface area contributed by atoms with Gasteiger partial charge in [0.05, 0.1) is 24.7 Å². The first-order chi connectivity index (χ1) is 11.0. The molecule has 1 aromatic carbocycles. The minimum absolute atomic E-state index is 0.140. The highest BCUT2D eigenvalue weighted by Gasteiger charge is 2.20. The molecule has 7 heteroatoms. The molecule has 0 radical (unpaired) electrons. The molecule has 1 aromatic rings. The van der Waals surface area contributed by atoms with Crippen LogP contribution >= 0.6 is 0 Å². The van der Waals surface area contributed by atoms with Crippen LogP contribution in [-0.2, 0) is 14.8 Å². The maximum atomic E-state index is 12.3. The first-order valence-corrected chi connectivity index (χ1v) is 9.55. The van der Waals surface area contributed by atoms with Gasteiger partial charge in [0.15, 0.2) is 0 Å². The Morgan fingerprint density at radius 1 is 1.26 bits per heavy atom. The summed E-state index contributed by atoms with van der Waals surface area (Å²) in [7, 11) is -3.49. The van der Waals surface area contributed by atoms with E-state index in [0.29, 0.717) is 32.1 Å². The molecule has 1 heterocycles. The highest BCUT2D eigenvalue weighted by atomic mass is 32.2. The number of hydrogen-bond donors (Lipinski definition) is 1. The zero-order chi connectivity index (χ0) is 16.7. The van der Waals surface area contributed by atoms with Crippen molar-refractivity contribution in [1.82, 2.24) is 9.62 Å². The molecule has 1 atom stereocenters. The standard InChI is InChI=1S/C16H26N2O4S/c1-3-10-22-15-4-6-16(7-5-15)23(19,20)17-13-14(2)18-8-11-21-12-9-18/h4-7,14,17H,3,8-13H2,1-2H3/t14-/m1/s1. The summed E-state index contributed by atoms with van der Waals surface area (Å²) < 4.78 is 38.2. The molecule has 0 saturated carbocycles. The highest BCUT2D eigenvalue weighted by Crippen LogP contribution is 2.16. The van der Waals surface area contributed by atoms with Crippen molar-refractivity contribution < 1.29 is 17.9 Å². The van der Waals surface area contributed by atoms with E-state index in [9.17, 15) is 8.42 Å². The molecule has 130 valence electrons. The fourth-order valence-corrected chi connectivity index (χ4v) is 3.52. The molecule has 1 saturated heterocycles. The quantitative estimate of drug-likeness (QED) is 0.775. The zero-order valence-electron chi connectivity index (χ0n) is 13.8. The van der Waals surface area contributed by atoms with Gasteiger partial charge in [-0.1, -0.05) is 6.92 Å². The van der Waals surface area contributed by atoms with Gasteiger partial charge in [0.2, 0.25) is 10.0 Å². The number of ether oxygens (including phenoxy) is 2. The minimum atomic E-state index is -3.49. The van der Waals surface area contributed by atoms with Gasteiger partial charge in [-0.2, -0.15) is 0 Å². The number of rotatable bonds is 8. The van der Waals surface area contributed by atoms with Crippen LogP contribution in [0, 0.1) is 0 Å². The number of sulfonamides is 1. The van der Waals surface area contributed by atoms with Crippen molar-refractivity contribution in [2.75, 3.05) is 39.5 Å². The van der Waals surface area contributed by atoms with Crippen molar-refractivity contribution in [1.29, 1.82) is 0 Å². The predicted molar refractivity (Wildman–Crippen MR) is 89.3 cm³/mol. The number of benzene rings is 1. The third kappa shape index (κ3) is 5.46. The van der Waals surface area contributed by atoms with Crippen molar-refractivity contribution in [2.45, 2.75) is 31.2 Å². The van der Waals surface area contributed by atoms with E-state index in [1.165, 1.54) is 0 Å². The average molecular weight is 342 g/mol. The summed E-state index contributed by atoms with van der Waals surface area (Å²) in [5.41, 5.74) is 0. The topological polar surface area (TPSA) is 67.9 Å². The molecule has 0 unspecified atom stereocenters. The van der Waals surface area contributed by atoms with E-state index in [1.807, 2.05) is 13.8 Å². The Labute approximate surface area is 138 Å². The van der Waals surface area contributed by atoms with E-state index in [2.05, 4.69) is 9.62 Å². The van der Waals surface area contributed by atoms with Gasteiger partial charge in [-0.25, -0.2) is 13.1 Å². The van der Waals surface area contributed by atoms with Gasteiger partial charge < -0.3 is 9.47 Å². The smallest absolute Gasteiger partial charge is 0.240 e. The molecule has 0 bridgehead atoms. The van der Waals surface area contributed by atoms with Gasteiger partial charge in [0.25, 0.3) is 0 Å². The van der Waals surface area contributed by atoms with Crippen LogP contribution in [0.5, 0.6) is 5.75 Å². The van der Waals surface area contributed by atoms with Crippen molar-refractivity contribution in [3.63, 3.8) is 0 Å². The Bertz CT molecular complexity index is 568. The summed E-state index contributed by atoms with van der Waals surface area (Å²) in [6.45, 7) is 8.15. The molecule has 23 heavy (non-hydrogen) atoms. The van der Waals surface area contributed by atoms with E-state index in [4.69, 9.17) is 9.47 Å². The SMILES string of the molecule is CCCOc1ccc(S(=O)(=O)NC[C@@H](C)N2CCOCC2)cc1. The van der Waals surface area contributed by atoms with E-state index >= 15 is 0 Å². The van der Waals surface area contributed by atoms with Crippen molar-refractivity contribution in [3.8, 4) is 5.75 Å². The Morgan fingerprint density at radius 2 is 1.91 bits per heavy atom. The van der Waals surface area contributed by atoms with Crippen LogP contribution in [0.4, 0.5) is 0 Å². The van der Waals surface area contributed by atoms with E-state index < -0.39 is 10.0 Å². The van der Waals surface area contributed by atoms with Crippen LogP contribution in [0.15, 0.2) is 29.2 Å². The fourth-order valence-electron chi connectivity index (χ4n) is 2.40. The molecular weight excluding hydrogens is 316 g/mol. The maximum Gasteiger partial charge on any atom is 0.240 e. The summed E-state index contributed by atoms with van der Waals surface area (Å²) in [4.78, 5) is 2.49. The Morgan fingerprint density at radius 3 is 2.52 bits per heavy atom. The normalized spacial score (nSPS) is 17.8. The van der Waals surface area contributed by atoms with E-state index in [1.54, 1.807) is 24.3 Å². The van der Waals surface area contributed by atoms with Crippen LogP contribution in [-0.4, -0.2) is 58.8 Å². The number of hydrogen-bond acceptors (Lipinski definition) is 5. The molecule has 0 amide bonds. The number of morpholine rings is 1. The summed E-state index contributed by atoms with van der Waals surface area (Å²) in [6, 6.07) is 6.67. The van der Waals surface area contributed by atoms with Gasteiger partial charge in [0.1, 0.15) is 5.75 Å². The van der Waals surface area contributed by atoms with E-state index in [0.717, 1.165) is 19.5 Å². The van der Waals surface area contributed by atoms with Gasteiger partial charge >= 0.3 is 0 Å². The molecule has 0 aliphatic carbocycles. The predicted octanol–water partition coefficient (Wildman–Crippen LogP) is 1.47. The van der Waals surface area contributed by atoms with Crippen molar-refractivity contribution in [3.05, 3.63) is 24.3 Å². The Kier molecular flexibility index (Phi) is 6.83. The molecule has 1 N–H and O–H groups in total. The van der Waals surface area contributed by atoms with Gasteiger partial charge in [-0.15, -0.1) is 0 Å². The molecular formula is C16H26N2O4S. The van der Waals surface area contributed by atoms with E-state index in [-0.39, 0.29) is 10.9 Å². The first-order valence-electron chi connectivity index (χ1n) is 8.07. The molecule has 1 aliphatic rings. The summed E-state index contributed by atoms with van der Waals surface area (Å²) >= 11 is 0. The highest BCUT2D eigenvalue weighted by molar-refractivity contribution is 7.89. The zero-order valence-corrected chi connectivity index (χ0v) is 14.6. The third-order valence-corrected chi connectivity index (χ3v) is 5.28. The lowest BCUT2D eigenvalue weighted by atomic mass is 10.2. The largest absolute Gasteiger partial charge is 0.494 e. The third-order valence-electron chi connectivity index (χ3n) is 3.84. The summed E-state index contributed by atoms with van der Waals surface area (Å²) in [5, 5.41) is 0. The number of nitrogens with zero attached hydrogens (tertiary/aromatic N) is 1. The molecule has 6 nitrogen and oxygen atoms in total. The van der Waals surface area contributed by atoms with Crippen LogP contribution < -0.4 is 9.46 Å². The maximum absolute atomic E-state index is 12.3. The van der Waals surface area contributed by atoms with Crippen LogP contribution in [0.25, 0.3) is 0 Å². The van der Waals surface area contributed by atoms with Crippen molar-refractivity contribution in [2.24, 2.45) is 0 Å².